The molecule has 118 valence electrons. The number of anilines is 1. The molecule has 3 aromatic rings. The minimum atomic E-state index is -0.227. The Morgan fingerprint density at radius 3 is 3.04 bits per heavy atom. The highest BCUT2D eigenvalue weighted by molar-refractivity contribution is 7.08. The highest BCUT2D eigenvalue weighted by atomic mass is 32.1. The van der Waals surface area contributed by atoms with Gasteiger partial charge in [-0.3, -0.25) is 4.79 Å². The van der Waals surface area contributed by atoms with Crippen LogP contribution in [0.2, 0.25) is 0 Å². The van der Waals surface area contributed by atoms with Crippen molar-refractivity contribution in [3.8, 4) is 17.2 Å². The summed E-state index contributed by atoms with van der Waals surface area (Å²) >= 11 is 1.57. The van der Waals surface area contributed by atoms with E-state index in [4.69, 9.17) is 9.15 Å². The van der Waals surface area contributed by atoms with Crippen LogP contribution in [0.25, 0.3) is 11.5 Å². The lowest BCUT2D eigenvalue weighted by Crippen LogP contribution is -2.16. The van der Waals surface area contributed by atoms with Crippen LogP contribution >= 0.6 is 11.3 Å². The van der Waals surface area contributed by atoms with Gasteiger partial charge in [0.2, 0.25) is 11.8 Å². The number of pyridine rings is 1. The summed E-state index contributed by atoms with van der Waals surface area (Å²) in [6, 6.07) is 5.40. The molecule has 0 saturated heterocycles. The topological polar surface area (TPSA) is 77.2 Å². The number of amides is 1. The summed E-state index contributed by atoms with van der Waals surface area (Å²) in [5.41, 5.74) is 1.52. The average Bonchev–Trinajstić information content (AvgIpc) is 3.18. The van der Waals surface area contributed by atoms with E-state index in [1.165, 1.54) is 7.11 Å². The van der Waals surface area contributed by atoms with Crippen LogP contribution in [0.5, 0.6) is 5.75 Å². The van der Waals surface area contributed by atoms with Gasteiger partial charge in [0.15, 0.2) is 11.6 Å². The Labute approximate surface area is 137 Å². The van der Waals surface area contributed by atoms with Gasteiger partial charge in [-0.05, 0) is 30.5 Å². The number of nitrogens with one attached hydrogen (secondary N) is 1. The molecule has 3 heterocycles. The Hall–Kier alpha value is -2.67. The smallest absolute Gasteiger partial charge is 0.231 e. The zero-order valence-electron chi connectivity index (χ0n) is 12.7. The molecule has 0 spiro atoms. The summed E-state index contributed by atoms with van der Waals surface area (Å²) in [6.45, 7) is 1.80. The molecule has 1 N–H and O–H groups in total. The summed E-state index contributed by atoms with van der Waals surface area (Å²) in [7, 11) is 1.53. The minimum Gasteiger partial charge on any atom is -0.493 e. The Morgan fingerprint density at radius 2 is 2.30 bits per heavy atom. The summed E-state index contributed by atoms with van der Waals surface area (Å²) in [6.07, 6.45) is 1.70. The predicted molar refractivity (Wildman–Crippen MR) is 87.7 cm³/mol. The van der Waals surface area contributed by atoms with Gasteiger partial charge in [-0.15, -0.1) is 0 Å². The fourth-order valence-corrected chi connectivity index (χ4v) is 2.71. The summed E-state index contributed by atoms with van der Waals surface area (Å²) in [4.78, 5) is 20.7. The molecule has 0 aliphatic rings. The summed E-state index contributed by atoms with van der Waals surface area (Å²) in [5.74, 6) is 1.84. The average molecular weight is 329 g/mol. The van der Waals surface area contributed by atoms with Crippen LogP contribution in [-0.4, -0.2) is 23.0 Å². The van der Waals surface area contributed by atoms with Crippen LogP contribution in [0.15, 0.2) is 39.6 Å². The first-order valence-electron chi connectivity index (χ1n) is 6.95. The third kappa shape index (κ3) is 3.40. The molecule has 0 aliphatic heterocycles. The molecule has 0 radical (unpaired) electrons. The van der Waals surface area contributed by atoms with Crippen LogP contribution in [0.3, 0.4) is 0 Å². The zero-order valence-corrected chi connectivity index (χ0v) is 13.5. The molecule has 3 rings (SSSR count). The van der Waals surface area contributed by atoms with E-state index in [0.717, 1.165) is 5.56 Å². The molecule has 6 nitrogen and oxygen atoms in total. The second-order valence-electron chi connectivity index (χ2n) is 4.81. The molecule has 0 saturated carbocycles. The molecule has 0 unspecified atom stereocenters. The summed E-state index contributed by atoms with van der Waals surface area (Å²) < 4.78 is 10.8. The number of aromatic nitrogens is 2. The Morgan fingerprint density at radius 1 is 1.43 bits per heavy atom. The highest BCUT2D eigenvalue weighted by Crippen LogP contribution is 2.24. The number of hydrogen-bond acceptors (Lipinski definition) is 6. The molecule has 0 fully saturated rings. The lowest BCUT2D eigenvalue weighted by Gasteiger charge is -2.07. The molecule has 0 aliphatic carbocycles. The van der Waals surface area contributed by atoms with Crippen molar-refractivity contribution in [3.05, 3.63) is 46.6 Å². The number of ether oxygens (including phenoxy) is 1. The minimum absolute atomic E-state index is 0.110. The molecule has 3 aromatic heterocycles. The van der Waals surface area contributed by atoms with Gasteiger partial charge in [0.1, 0.15) is 5.76 Å². The second-order valence-corrected chi connectivity index (χ2v) is 5.59. The molecule has 0 bridgehead atoms. The van der Waals surface area contributed by atoms with Crippen LogP contribution < -0.4 is 10.1 Å². The van der Waals surface area contributed by atoms with Crippen LogP contribution in [0, 0.1) is 6.92 Å². The van der Waals surface area contributed by atoms with Crippen LogP contribution in [-0.2, 0) is 11.2 Å². The van der Waals surface area contributed by atoms with Crippen molar-refractivity contribution in [1.29, 1.82) is 0 Å². The van der Waals surface area contributed by atoms with E-state index >= 15 is 0 Å². The van der Waals surface area contributed by atoms with E-state index in [-0.39, 0.29) is 12.3 Å². The van der Waals surface area contributed by atoms with Gasteiger partial charge in [-0.25, -0.2) is 9.97 Å². The van der Waals surface area contributed by atoms with Crippen molar-refractivity contribution in [2.45, 2.75) is 13.3 Å². The maximum atomic E-state index is 12.2. The fraction of sp³-hybridized carbons (Fsp3) is 0.188. The molecular weight excluding hydrogens is 314 g/mol. The number of hydrogen-bond donors (Lipinski definition) is 1. The van der Waals surface area contributed by atoms with Crippen LogP contribution in [0.1, 0.15) is 11.5 Å². The molecule has 0 atom stereocenters. The normalized spacial score (nSPS) is 10.5. The van der Waals surface area contributed by atoms with E-state index in [0.29, 0.717) is 28.9 Å². The van der Waals surface area contributed by atoms with Gasteiger partial charge >= 0.3 is 0 Å². The van der Waals surface area contributed by atoms with Crippen molar-refractivity contribution in [2.75, 3.05) is 12.4 Å². The van der Waals surface area contributed by atoms with Gasteiger partial charge in [-0.1, -0.05) is 0 Å². The molecule has 7 heteroatoms. The third-order valence-corrected chi connectivity index (χ3v) is 3.92. The number of thiophene rings is 1. The number of aryl methyl sites for hydroxylation is 1. The maximum Gasteiger partial charge on any atom is 0.231 e. The fourth-order valence-electron chi connectivity index (χ4n) is 2.08. The number of oxazole rings is 1. The zero-order chi connectivity index (χ0) is 16.2. The maximum absolute atomic E-state index is 12.2. The Balaban J connectivity index is 1.73. The molecule has 1 amide bonds. The van der Waals surface area contributed by atoms with E-state index in [1.54, 1.807) is 36.6 Å². The summed E-state index contributed by atoms with van der Waals surface area (Å²) in [5, 5.41) is 6.63. The number of nitrogens with zero attached hydrogens (tertiary/aromatic N) is 2. The Bertz CT molecular complexity index is 812. The predicted octanol–water partition coefficient (Wildman–Crippen LogP) is 3.30. The third-order valence-electron chi connectivity index (χ3n) is 3.24. The number of methoxy groups -OCH3 is 1. The molecular formula is C16H15N3O3S. The number of carbonyl (C=O) groups excluding carboxylic acids is 1. The van der Waals surface area contributed by atoms with E-state index in [1.807, 2.05) is 16.8 Å². The standard InChI is InChI=1S/C16H15N3O3S/c1-10-12(18-16(22-10)11-5-7-23-9-11)8-14(20)19-15-13(21-2)4-3-6-17-15/h3-7,9H,8H2,1-2H3,(H,17,19,20). The van der Waals surface area contributed by atoms with Gasteiger partial charge in [0, 0.05) is 17.1 Å². The SMILES string of the molecule is COc1cccnc1NC(=O)Cc1nc(-c2ccsc2)oc1C. The first-order chi connectivity index (χ1) is 11.2. The Kier molecular flexibility index (Phi) is 4.38. The second kappa shape index (κ2) is 6.62. The molecule has 23 heavy (non-hydrogen) atoms. The lowest BCUT2D eigenvalue weighted by atomic mass is 10.2. The molecule has 0 aromatic carbocycles. The first-order valence-corrected chi connectivity index (χ1v) is 7.89. The quantitative estimate of drug-likeness (QED) is 0.777. The number of rotatable bonds is 5. The largest absolute Gasteiger partial charge is 0.493 e. The van der Waals surface area contributed by atoms with Gasteiger partial charge in [0.05, 0.1) is 19.2 Å². The van der Waals surface area contributed by atoms with E-state index in [2.05, 4.69) is 15.3 Å². The first kappa shape index (κ1) is 15.2. The van der Waals surface area contributed by atoms with Crippen molar-refractivity contribution in [2.24, 2.45) is 0 Å². The van der Waals surface area contributed by atoms with Crippen molar-refractivity contribution >= 4 is 23.1 Å². The lowest BCUT2D eigenvalue weighted by molar-refractivity contribution is -0.115. The highest BCUT2D eigenvalue weighted by Gasteiger charge is 2.16. The van der Waals surface area contributed by atoms with Crippen molar-refractivity contribution in [1.82, 2.24) is 9.97 Å². The monoisotopic (exact) mass is 329 g/mol. The van der Waals surface area contributed by atoms with Crippen molar-refractivity contribution in [3.63, 3.8) is 0 Å². The van der Waals surface area contributed by atoms with E-state index < -0.39 is 0 Å². The number of carbonyl (C=O) groups is 1. The van der Waals surface area contributed by atoms with Gasteiger partial charge in [0.25, 0.3) is 0 Å². The van der Waals surface area contributed by atoms with E-state index in [9.17, 15) is 4.79 Å². The van der Waals surface area contributed by atoms with Gasteiger partial charge < -0.3 is 14.5 Å². The van der Waals surface area contributed by atoms with Gasteiger partial charge in [-0.2, -0.15) is 11.3 Å². The van der Waals surface area contributed by atoms with Crippen LogP contribution in [0.4, 0.5) is 5.82 Å². The van der Waals surface area contributed by atoms with Crippen molar-refractivity contribution < 1.29 is 13.9 Å².